The van der Waals surface area contributed by atoms with E-state index in [9.17, 15) is 18.0 Å². The van der Waals surface area contributed by atoms with Gasteiger partial charge in [0.05, 0.1) is 17.9 Å². The van der Waals surface area contributed by atoms with Crippen molar-refractivity contribution in [3.63, 3.8) is 0 Å². The zero-order valence-electron chi connectivity index (χ0n) is 16.4. The number of benzene rings is 2. The average Bonchev–Trinajstić information content (AvgIpc) is 3.08. The predicted octanol–water partition coefficient (Wildman–Crippen LogP) is 4.63. The van der Waals surface area contributed by atoms with Crippen molar-refractivity contribution in [2.24, 2.45) is 7.05 Å². The molecule has 1 N–H and O–H groups in total. The fourth-order valence-corrected chi connectivity index (χ4v) is 3.42. The molecule has 0 aliphatic carbocycles. The van der Waals surface area contributed by atoms with Crippen LogP contribution in [-0.2, 0) is 18.0 Å². The van der Waals surface area contributed by atoms with Crippen molar-refractivity contribution in [3.05, 3.63) is 54.1 Å². The number of rotatable bonds is 6. The van der Waals surface area contributed by atoms with Gasteiger partial charge < -0.3 is 14.6 Å². The van der Waals surface area contributed by atoms with Crippen molar-refractivity contribution in [2.45, 2.75) is 23.5 Å². The second-order valence-corrected chi connectivity index (χ2v) is 7.73. The van der Waals surface area contributed by atoms with Crippen LogP contribution in [0.5, 0.6) is 5.75 Å². The average molecular weight is 436 g/mol. The number of anilines is 1. The highest BCUT2D eigenvalue weighted by Gasteiger charge is 2.30. The Morgan fingerprint density at radius 3 is 2.30 bits per heavy atom. The largest absolute Gasteiger partial charge is 0.497 e. The predicted molar refractivity (Wildman–Crippen MR) is 108 cm³/mol. The number of amides is 1. The zero-order chi connectivity index (χ0) is 21.9. The Morgan fingerprint density at radius 2 is 1.73 bits per heavy atom. The molecule has 1 unspecified atom stereocenters. The minimum Gasteiger partial charge on any atom is -0.497 e. The summed E-state index contributed by atoms with van der Waals surface area (Å²) in [6, 6.07) is 11.7. The van der Waals surface area contributed by atoms with Crippen molar-refractivity contribution < 1.29 is 22.7 Å². The molecule has 0 fully saturated rings. The van der Waals surface area contributed by atoms with Gasteiger partial charge in [-0.1, -0.05) is 11.8 Å². The van der Waals surface area contributed by atoms with Crippen LogP contribution in [0, 0.1) is 0 Å². The maximum absolute atomic E-state index is 12.6. The van der Waals surface area contributed by atoms with Gasteiger partial charge in [0.2, 0.25) is 5.91 Å². The van der Waals surface area contributed by atoms with Crippen LogP contribution in [0.3, 0.4) is 0 Å². The Bertz CT molecular complexity index is 1020. The molecule has 0 saturated heterocycles. The summed E-state index contributed by atoms with van der Waals surface area (Å²) in [5, 5.41) is 10.9. The maximum Gasteiger partial charge on any atom is 0.416 e. The van der Waals surface area contributed by atoms with Gasteiger partial charge in [-0.25, -0.2) is 0 Å². The third kappa shape index (κ3) is 4.93. The first-order chi connectivity index (χ1) is 14.2. The molecule has 0 bridgehead atoms. The molecule has 30 heavy (non-hydrogen) atoms. The number of hydrogen-bond acceptors (Lipinski definition) is 5. The molecule has 1 heterocycles. The summed E-state index contributed by atoms with van der Waals surface area (Å²) < 4.78 is 44.8. The summed E-state index contributed by atoms with van der Waals surface area (Å²) in [6.07, 6.45) is -4.42. The summed E-state index contributed by atoms with van der Waals surface area (Å²) in [7, 11) is 3.38. The second-order valence-electron chi connectivity index (χ2n) is 6.42. The number of thioether (sulfide) groups is 1. The van der Waals surface area contributed by atoms with E-state index in [0.717, 1.165) is 23.4 Å². The number of halogens is 3. The Labute approximate surface area is 175 Å². The number of nitrogens with one attached hydrogen (secondary N) is 1. The van der Waals surface area contributed by atoms with Gasteiger partial charge in [-0.2, -0.15) is 13.2 Å². The van der Waals surface area contributed by atoms with Crippen LogP contribution in [0.15, 0.2) is 53.7 Å². The van der Waals surface area contributed by atoms with Gasteiger partial charge in [-0.15, -0.1) is 10.2 Å². The van der Waals surface area contributed by atoms with Gasteiger partial charge in [-0.3, -0.25) is 4.79 Å². The van der Waals surface area contributed by atoms with E-state index < -0.39 is 17.0 Å². The van der Waals surface area contributed by atoms with Crippen molar-refractivity contribution >= 4 is 23.4 Å². The number of aromatic nitrogens is 3. The lowest BCUT2D eigenvalue weighted by atomic mass is 10.2. The minimum atomic E-state index is -4.42. The lowest BCUT2D eigenvalue weighted by molar-refractivity contribution is -0.137. The van der Waals surface area contributed by atoms with Crippen LogP contribution in [0.25, 0.3) is 11.4 Å². The number of carbonyl (C=O) groups excluding carboxylic acids is 1. The number of methoxy groups -OCH3 is 1. The van der Waals surface area contributed by atoms with Crippen molar-refractivity contribution in [1.29, 1.82) is 0 Å². The van der Waals surface area contributed by atoms with Gasteiger partial charge in [0.1, 0.15) is 5.75 Å². The van der Waals surface area contributed by atoms with Gasteiger partial charge in [0, 0.05) is 18.3 Å². The number of alkyl halides is 3. The van der Waals surface area contributed by atoms with Gasteiger partial charge in [0.15, 0.2) is 11.0 Å². The number of ether oxygens (including phenoxy) is 1. The molecule has 3 rings (SSSR count). The highest BCUT2D eigenvalue weighted by atomic mass is 32.2. The monoisotopic (exact) mass is 436 g/mol. The lowest BCUT2D eigenvalue weighted by Gasteiger charge is -2.13. The molecule has 2 aromatic carbocycles. The van der Waals surface area contributed by atoms with Crippen LogP contribution in [0.1, 0.15) is 12.5 Å². The topological polar surface area (TPSA) is 69.0 Å². The summed E-state index contributed by atoms with van der Waals surface area (Å²) in [5.74, 6) is 1.01. The third-order valence-corrected chi connectivity index (χ3v) is 5.45. The highest BCUT2D eigenvalue weighted by Crippen LogP contribution is 2.30. The lowest BCUT2D eigenvalue weighted by Crippen LogP contribution is -2.23. The van der Waals surface area contributed by atoms with Crippen molar-refractivity contribution in [3.8, 4) is 17.1 Å². The SMILES string of the molecule is COc1ccc(-c2nnc(SC(C)C(=O)Nc3ccc(C(F)(F)F)cc3)n2C)cc1. The van der Waals surface area contributed by atoms with Gasteiger partial charge in [0.25, 0.3) is 0 Å². The van der Waals surface area contributed by atoms with Crippen LogP contribution >= 0.6 is 11.8 Å². The Balaban J connectivity index is 1.66. The molecule has 1 aromatic heterocycles. The summed E-state index contributed by atoms with van der Waals surface area (Å²) in [5.41, 5.74) is 0.366. The third-order valence-electron chi connectivity index (χ3n) is 4.31. The first-order valence-electron chi connectivity index (χ1n) is 8.87. The molecule has 1 amide bonds. The van der Waals surface area contributed by atoms with E-state index in [1.165, 1.54) is 23.9 Å². The number of hydrogen-bond donors (Lipinski definition) is 1. The molecule has 0 aliphatic heterocycles. The summed E-state index contributed by atoms with van der Waals surface area (Å²) in [4.78, 5) is 12.4. The Kier molecular flexibility index (Phi) is 6.35. The van der Waals surface area contributed by atoms with E-state index in [0.29, 0.717) is 11.0 Å². The smallest absolute Gasteiger partial charge is 0.416 e. The summed E-state index contributed by atoms with van der Waals surface area (Å²) >= 11 is 1.20. The van der Waals surface area contributed by atoms with E-state index in [1.807, 2.05) is 24.3 Å². The molecule has 0 radical (unpaired) electrons. The molecule has 0 saturated carbocycles. The molecule has 0 spiro atoms. The zero-order valence-corrected chi connectivity index (χ0v) is 17.2. The highest BCUT2D eigenvalue weighted by molar-refractivity contribution is 8.00. The molecule has 3 aromatic rings. The first kappa shape index (κ1) is 21.7. The molecular formula is C20H19F3N4O2S. The first-order valence-corrected chi connectivity index (χ1v) is 9.75. The summed E-state index contributed by atoms with van der Waals surface area (Å²) in [6.45, 7) is 1.69. The fraction of sp³-hybridized carbons (Fsp3) is 0.250. The van der Waals surface area contributed by atoms with Gasteiger partial charge >= 0.3 is 6.18 Å². The molecule has 6 nitrogen and oxygen atoms in total. The van der Waals surface area contributed by atoms with E-state index in [2.05, 4.69) is 15.5 Å². The molecule has 1 atom stereocenters. The maximum atomic E-state index is 12.6. The second kappa shape index (κ2) is 8.78. The van der Waals surface area contributed by atoms with E-state index >= 15 is 0 Å². The standard InChI is InChI=1S/C20H19F3N4O2S/c1-12(18(28)24-15-8-6-14(7-9-15)20(21,22)23)30-19-26-25-17(27(19)2)13-4-10-16(29-3)11-5-13/h4-12H,1-3H3,(H,24,28). The number of carbonyl (C=O) groups is 1. The molecule has 158 valence electrons. The van der Waals surface area contributed by atoms with Crippen molar-refractivity contribution in [1.82, 2.24) is 14.8 Å². The number of nitrogens with zero attached hydrogens (tertiary/aromatic N) is 3. The quantitative estimate of drug-likeness (QED) is 0.571. The van der Waals surface area contributed by atoms with E-state index in [4.69, 9.17) is 4.74 Å². The Morgan fingerprint density at radius 1 is 1.10 bits per heavy atom. The van der Waals surface area contributed by atoms with Crippen molar-refractivity contribution in [2.75, 3.05) is 12.4 Å². The Hall–Kier alpha value is -3.01. The van der Waals surface area contributed by atoms with Crippen LogP contribution in [0.4, 0.5) is 18.9 Å². The van der Waals surface area contributed by atoms with Gasteiger partial charge in [-0.05, 0) is 55.5 Å². The molecule has 10 heteroatoms. The van der Waals surface area contributed by atoms with Crippen LogP contribution in [-0.4, -0.2) is 33.0 Å². The van der Waals surface area contributed by atoms with E-state index in [1.54, 1.807) is 25.6 Å². The molecule has 0 aliphatic rings. The van der Waals surface area contributed by atoms with Crippen LogP contribution < -0.4 is 10.1 Å². The normalized spacial score (nSPS) is 12.5. The van der Waals surface area contributed by atoms with E-state index in [-0.39, 0.29) is 11.6 Å². The van der Waals surface area contributed by atoms with Crippen LogP contribution in [0.2, 0.25) is 0 Å². The fourth-order valence-electron chi connectivity index (χ4n) is 2.61. The molecular weight excluding hydrogens is 417 g/mol. The minimum absolute atomic E-state index is 0.289.